The van der Waals surface area contributed by atoms with Crippen molar-refractivity contribution in [3.05, 3.63) is 176 Å². The van der Waals surface area contributed by atoms with Gasteiger partial charge in [-0.2, -0.15) is 0 Å². The monoisotopic (exact) mass is 775 g/mol. The van der Waals surface area contributed by atoms with Gasteiger partial charge in [0.05, 0.1) is 42.8 Å². The number of hydrogen-bond acceptors (Lipinski definition) is 5. The van der Waals surface area contributed by atoms with E-state index < -0.39 is 0 Å². The first-order valence-corrected chi connectivity index (χ1v) is 21.0. The van der Waals surface area contributed by atoms with Crippen LogP contribution in [0.15, 0.2) is 176 Å². The molecule has 0 N–H and O–H groups in total. The van der Waals surface area contributed by atoms with Crippen LogP contribution in [-0.4, -0.2) is 24.1 Å². The largest absolute Gasteiger partial charge is 0.307 e. The lowest BCUT2D eigenvalue weighted by Crippen LogP contribution is -2.01. The molecule has 0 aliphatic carbocycles. The average molecular weight is 776 g/mol. The Morgan fingerprint density at radius 2 is 0.741 bits per heavy atom. The molecule has 0 aliphatic rings. The van der Waals surface area contributed by atoms with E-state index in [-0.39, 0.29) is 0 Å². The first kappa shape index (κ1) is 32.0. The molecule has 8 aromatic carbocycles. The van der Waals surface area contributed by atoms with Gasteiger partial charge in [0.2, 0.25) is 0 Å². The molecule has 0 saturated heterocycles. The maximum absolute atomic E-state index is 5.37. The van der Waals surface area contributed by atoms with Gasteiger partial charge in [-0.05, 0) is 48.5 Å². The third kappa shape index (κ3) is 4.42. The molecule has 0 atom stereocenters. The Morgan fingerprint density at radius 3 is 1.24 bits per heavy atom. The first-order valence-electron chi connectivity index (χ1n) is 19.4. The summed E-state index contributed by atoms with van der Waals surface area (Å²) in [4.78, 5) is 15.2. The molecule has 0 spiro atoms. The Hall–Kier alpha value is -7.19. The van der Waals surface area contributed by atoms with Crippen molar-refractivity contribution in [3.8, 4) is 34.2 Å². The summed E-state index contributed by atoms with van der Waals surface area (Å²) in [6.07, 6.45) is 1.68. The van der Waals surface area contributed by atoms with Gasteiger partial charge in [0.25, 0.3) is 0 Å². The molecule has 0 amide bonds. The fourth-order valence-electron chi connectivity index (χ4n) is 9.27. The number of fused-ring (bicyclic) bond motifs is 12. The second-order valence-corrected chi connectivity index (χ2v) is 16.8. The van der Waals surface area contributed by atoms with E-state index in [1.807, 2.05) is 22.7 Å². The van der Waals surface area contributed by atoms with Gasteiger partial charge in [0, 0.05) is 63.6 Å². The highest BCUT2D eigenvalue weighted by atomic mass is 32.1. The Kier molecular flexibility index (Phi) is 6.70. The van der Waals surface area contributed by atoms with Gasteiger partial charge in [-0.1, -0.05) is 121 Å². The Morgan fingerprint density at radius 1 is 0.345 bits per heavy atom. The number of rotatable bonds is 4. The van der Waals surface area contributed by atoms with Crippen molar-refractivity contribution in [2.75, 3.05) is 0 Å². The van der Waals surface area contributed by atoms with Gasteiger partial charge in [0.1, 0.15) is 6.33 Å². The fourth-order valence-corrected chi connectivity index (χ4v) is 11.7. The zero-order valence-electron chi connectivity index (χ0n) is 30.8. The van der Waals surface area contributed by atoms with E-state index in [9.17, 15) is 0 Å². The van der Waals surface area contributed by atoms with E-state index in [2.05, 4.69) is 179 Å². The summed E-state index contributed by atoms with van der Waals surface area (Å²) < 4.78 is 9.92. The van der Waals surface area contributed by atoms with Gasteiger partial charge >= 0.3 is 0 Å². The molecule has 0 saturated carbocycles. The maximum atomic E-state index is 5.37. The van der Waals surface area contributed by atoms with Crippen LogP contribution in [-0.2, 0) is 0 Å². The van der Waals surface area contributed by atoms with Crippen molar-refractivity contribution in [1.82, 2.24) is 24.1 Å². The number of aromatic nitrogens is 5. The minimum Gasteiger partial charge on any atom is -0.307 e. The fraction of sp³-hybridized carbons (Fsp3) is 0. The van der Waals surface area contributed by atoms with E-state index in [4.69, 9.17) is 15.0 Å². The van der Waals surface area contributed by atoms with Gasteiger partial charge in [-0.3, -0.25) is 0 Å². The molecular weight excluding hydrogens is 747 g/mol. The Balaban J connectivity index is 1.08. The van der Waals surface area contributed by atoms with E-state index in [1.165, 1.54) is 51.1 Å². The van der Waals surface area contributed by atoms with Gasteiger partial charge in [-0.25, -0.2) is 15.0 Å². The maximum Gasteiger partial charge on any atom is 0.165 e. The van der Waals surface area contributed by atoms with Crippen LogP contribution in [0.5, 0.6) is 0 Å². The molecular formula is C51H29N5S2. The van der Waals surface area contributed by atoms with Crippen molar-refractivity contribution < 1.29 is 0 Å². The first-order chi connectivity index (χ1) is 28.8. The lowest BCUT2D eigenvalue weighted by atomic mass is 10.1. The van der Waals surface area contributed by atoms with Crippen LogP contribution in [0, 0.1) is 0 Å². The number of nitrogens with zero attached hydrogens (tertiary/aromatic N) is 5. The molecule has 0 fully saturated rings. The topological polar surface area (TPSA) is 48.5 Å². The average Bonchev–Trinajstić information content (AvgIpc) is 4.04. The number of benzene rings is 8. The van der Waals surface area contributed by atoms with Gasteiger partial charge in [-0.15, -0.1) is 22.7 Å². The summed E-state index contributed by atoms with van der Waals surface area (Å²) in [6, 6.07) is 61.1. The molecule has 270 valence electrons. The third-order valence-electron chi connectivity index (χ3n) is 11.7. The third-order valence-corrected chi connectivity index (χ3v) is 14.1. The second-order valence-electron chi connectivity index (χ2n) is 14.7. The lowest BCUT2D eigenvalue weighted by molar-refractivity contribution is 1.06. The molecule has 0 bridgehead atoms. The van der Waals surface area contributed by atoms with Crippen LogP contribution >= 0.6 is 22.7 Å². The van der Waals surface area contributed by atoms with Crippen LogP contribution in [0.25, 0.3) is 118 Å². The van der Waals surface area contributed by atoms with Crippen molar-refractivity contribution in [3.63, 3.8) is 0 Å². The lowest BCUT2D eigenvalue weighted by Gasteiger charge is -2.13. The number of thiophene rings is 2. The molecule has 5 aromatic heterocycles. The Labute approximate surface area is 339 Å². The van der Waals surface area contributed by atoms with E-state index in [0.717, 1.165) is 55.3 Å². The van der Waals surface area contributed by atoms with E-state index in [1.54, 1.807) is 6.33 Å². The summed E-state index contributed by atoms with van der Waals surface area (Å²) in [7, 11) is 0. The van der Waals surface area contributed by atoms with Gasteiger partial charge in [0.15, 0.2) is 11.6 Å². The molecule has 5 heterocycles. The van der Waals surface area contributed by atoms with Crippen LogP contribution in [0.4, 0.5) is 0 Å². The minimum absolute atomic E-state index is 0.634. The molecule has 13 aromatic rings. The second kappa shape index (κ2) is 12.2. The normalized spacial score (nSPS) is 12.1. The summed E-state index contributed by atoms with van der Waals surface area (Å²) in [5.41, 5.74) is 8.66. The highest BCUT2D eigenvalue weighted by Crippen LogP contribution is 2.45. The van der Waals surface area contributed by atoms with Crippen molar-refractivity contribution in [1.29, 1.82) is 0 Å². The summed E-state index contributed by atoms with van der Waals surface area (Å²) >= 11 is 3.69. The zero-order chi connectivity index (χ0) is 37.9. The van der Waals surface area contributed by atoms with Crippen LogP contribution < -0.4 is 0 Å². The number of para-hydroxylation sites is 4. The van der Waals surface area contributed by atoms with E-state index >= 15 is 0 Å². The summed E-state index contributed by atoms with van der Waals surface area (Å²) in [6.45, 7) is 0. The van der Waals surface area contributed by atoms with Gasteiger partial charge < -0.3 is 9.13 Å². The van der Waals surface area contributed by atoms with Crippen LogP contribution in [0.2, 0.25) is 0 Å². The van der Waals surface area contributed by atoms with Crippen LogP contribution in [0.1, 0.15) is 0 Å². The Bertz CT molecular complexity index is 3580. The molecule has 0 aliphatic heterocycles. The number of hydrogen-bond donors (Lipinski definition) is 0. The zero-order valence-corrected chi connectivity index (χ0v) is 32.4. The quantitative estimate of drug-likeness (QED) is 0.179. The highest BCUT2D eigenvalue weighted by molar-refractivity contribution is 7.26. The van der Waals surface area contributed by atoms with Crippen LogP contribution in [0.3, 0.4) is 0 Å². The molecule has 58 heavy (non-hydrogen) atoms. The van der Waals surface area contributed by atoms with Crippen molar-refractivity contribution in [2.24, 2.45) is 0 Å². The minimum atomic E-state index is 0.634. The SMILES string of the molecule is c1ccc2c(c1)sc1c(-n3c4ccccc4c4cccc(-c5ncnc(-c6cccc7c8ccccc8n(-c8cccc9c8sc8ccccc89)c67)n5)c43)cccc12. The molecule has 5 nitrogen and oxygen atoms in total. The molecule has 13 rings (SSSR count). The predicted octanol–water partition coefficient (Wildman–Crippen LogP) is 14.1. The van der Waals surface area contributed by atoms with Crippen molar-refractivity contribution in [2.45, 2.75) is 0 Å². The molecule has 7 heteroatoms. The molecule has 0 unspecified atom stereocenters. The summed E-state index contributed by atoms with van der Waals surface area (Å²) in [5, 5.41) is 9.79. The highest BCUT2D eigenvalue weighted by Gasteiger charge is 2.23. The predicted molar refractivity (Wildman–Crippen MR) is 245 cm³/mol. The van der Waals surface area contributed by atoms with E-state index in [0.29, 0.717) is 11.6 Å². The molecule has 0 radical (unpaired) electrons. The van der Waals surface area contributed by atoms with Crippen molar-refractivity contribution >= 4 is 107 Å². The standard InChI is InChI=1S/C51H29N5S2/c1-5-23-40-30(13-1)34-17-9-21-38(46(34)55(40)42-25-11-19-36-32-15-3-7-27-44(32)57-48(36)42)50-52-29-53-51(54-50)39-22-10-18-35-31-14-2-6-24-41(31)56(47(35)39)43-26-12-20-37-33-16-4-8-28-45(33)58-49(37)43/h1-29H. The smallest absolute Gasteiger partial charge is 0.165 e. The summed E-state index contributed by atoms with van der Waals surface area (Å²) in [5.74, 6) is 1.27.